The van der Waals surface area contributed by atoms with Crippen molar-refractivity contribution in [2.45, 2.75) is 13.0 Å². The number of imidazole rings is 1. The molecule has 0 radical (unpaired) electrons. The minimum Gasteiger partial charge on any atom is -0.497 e. The van der Waals surface area contributed by atoms with Gasteiger partial charge in [-0.2, -0.15) is 0 Å². The van der Waals surface area contributed by atoms with Crippen LogP contribution < -0.4 is 20.1 Å². The predicted molar refractivity (Wildman–Crippen MR) is 129 cm³/mol. The Morgan fingerprint density at radius 1 is 1.00 bits per heavy atom. The zero-order valence-electron chi connectivity index (χ0n) is 18.6. The molecule has 2 N–H and O–H groups in total. The van der Waals surface area contributed by atoms with Gasteiger partial charge in [0.2, 0.25) is 5.95 Å². The quantitative estimate of drug-likeness (QED) is 0.458. The van der Waals surface area contributed by atoms with Crippen molar-refractivity contribution in [2.75, 3.05) is 24.9 Å². The number of amides is 1. The number of carbonyl (C=O) groups excluding carboxylic acids is 1. The van der Waals surface area contributed by atoms with E-state index in [1.165, 1.54) is 0 Å². The Kier molecular flexibility index (Phi) is 5.22. The van der Waals surface area contributed by atoms with Gasteiger partial charge < -0.3 is 20.1 Å². The van der Waals surface area contributed by atoms with E-state index in [0.29, 0.717) is 23.0 Å². The van der Waals surface area contributed by atoms with Crippen molar-refractivity contribution in [3.8, 4) is 11.5 Å². The zero-order chi connectivity index (χ0) is 22.9. The summed E-state index contributed by atoms with van der Waals surface area (Å²) in [6, 6.07) is 22.5. The van der Waals surface area contributed by atoms with Crippen molar-refractivity contribution in [2.24, 2.45) is 0 Å². The monoisotopic (exact) mass is 440 g/mol. The van der Waals surface area contributed by atoms with E-state index in [4.69, 9.17) is 14.5 Å². The molecule has 1 aromatic heterocycles. The second kappa shape index (κ2) is 8.35. The predicted octanol–water partition coefficient (Wildman–Crippen LogP) is 4.98. The fourth-order valence-electron chi connectivity index (χ4n) is 4.32. The van der Waals surface area contributed by atoms with E-state index in [0.717, 1.165) is 28.0 Å². The lowest BCUT2D eigenvalue weighted by atomic mass is 9.93. The van der Waals surface area contributed by atoms with Crippen LogP contribution in [0.15, 0.2) is 84.1 Å². The molecule has 4 aromatic rings. The van der Waals surface area contributed by atoms with Crippen LogP contribution in [0.2, 0.25) is 0 Å². The number of ether oxygens (including phenoxy) is 2. The molecule has 1 atom stereocenters. The second-order valence-corrected chi connectivity index (χ2v) is 7.79. The Morgan fingerprint density at radius 2 is 1.76 bits per heavy atom. The largest absolute Gasteiger partial charge is 0.497 e. The number of allylic oxidation sites excluding steroid dienone is 1. The minimum absolute atomic E-state index is 0.197. The van der Waals surface area contributed by atoms with Gasteiger partial charge in [-0.1, -0.05) is 30.3 Å². The molecule has 0 bridgehead atoms. The highest BCUT2D eigenvalue weighted by Gasteiger charge is 2.35. The van der Waals surface area contributed by atoms with Gasteiger partial charge in [-0.05, 0) is 43.3 Å². The molecule has 166 valence electrons. The first kappa shape index (κ1) is 20.6. The van der Waals surface area contributed by atoms with E-state index in [1.54, 1.807) is 14.2 Å². The molecule has 0 spiro atoms. The summed E-state index contributed by atoms with van der Waals surface area (Å²) in [5, 5.41) is 6.37. The van der Waals surface area contributed by atoms with E-state index in [2.05, 4.69) is 10.6 Å². The molecule has 1 unspecified atom stereocenters. The number of hydrogen-bond acceptors (Lipinski definition) is 5. The Hall–Kier alpha value is -4.26. The van der Waals surface area contributed by atoms with Crippen LogP contribution in [0.5, 0.6) is 11.5 Å². The normalized spacial score (nSPS) is 15.1. The zero-order valence-corrected chi connectivity index (χ0v) is 18.6. The summed E-state index contributed by atoms with van der Waals surface area (Å²) < 4.78 is 13.2. The van der Waals surface area contributed by atoms with Crippen LogP contribution in [-0.2, 0) is 4.79 Å². The van der Waals surface area contributed by atoms with E-state index in [-0.39, 0.29) is 5.91 Å². The molecule has 1 aliphatic heterocycles. The second-order valence-electron chi connectivity index (χ2n) is 7.79. The van der Waals surface area contributed by atoms with Gasteiger partial charge >= 0.3 is 0 Å². The first-order valence-corrected chi connectivity index (χ1v) is 10.6. The van der Waals surface area contributed by atoms with Crippen LogP contribution in [-0.4, -0.2) is 29.7 Å². The van der Waals surface area contributed by atoms with Crippen molar-refractivity contribution in [1.82, 2.24) is 9.55 Å². The molecular formula is C26H24N4O3. The van der Waals surface area contributed by atoms with Crippen LogP contribution in [0.3, 0.4) is 0 Å². The van der Waals surface area contributed by atoms with Crippen LogP contribution in [0.4, 0.5) is 11.6 Å². The number of aromatic nitrogens is 2. The first-order chi connectivity index (χ1) is 16.1. The van der Waals surface area contributed by atoms with E-state index in [9.17, 15) is 4.79 Å². The molecule has 0 saturated heterocycles. The molecular weight excluding hydrogens is 416 g/mol. The van der Waals surface area contributed by atoms with Crippen LogP contribution >= 0.6 is 0 Å². The molecule has 7 heteroatoms. The Bertz CT molecular complexity index is 1380. The highest BCUT2D eigenvalue weighted by Crippen LogP contribution is 2.43. The molecule has 1 aliphatic rings. The standard InChI is InChI=1S/C26H24N4O3/c1-16-23(25(31)28-17-9-5-4-6-10-17)24(19-14-13-18(32-2)15-22(19)33-3)30-21-12-8-7-11-20(21)29-26(30)27-16/h4-15,24H,1-3H3,(H,27,29)(H,28,31). The third kappa shape index (κ3) is 3.57. The number of nitrogens with zero attached hydrogens (tertiary/aromatic N) is 2. The summed E-state index contributed by atoms with van der Waals surface area (Å²) >= 11 is 0. The molecule has 2 heterocycles. The fraction of sp³-hybridized carbons (Fsp3) is 0.154. The molecule has 1 amide bonds. The summed E-state index contributed by atoms with van der Waals surface area (Å²) in [5.41, 5.74) is 4.63. The maximum Gasteiger partial charge on any atom is 0.255 e. The van der Waals surface area contributed by atoms with Crippen LogP contribution in [0.25, 0.3) is 11.0 Å². The SMILES string of the molecule is COc1ccc(C2C(C(=O)Nc3ccccc3)=C(C)Nc3nc4ccccc4n32)c(OC)c1. The molecule has 0 aliphatic carbocycles. The number of fused-ring (bicyclic) bond motifs is 3. The first-order valence-electron chi connectivity index (χ1n) is 10.6. The summed E-state index contributed by atoms with van der Waals surface area (Å²) in [6.45, 7) is 1.89. The van der Waals surface area contributed by atoms with E-state index < -0.39 is 6.04 Å². The molecule has 33 heavy (non-hydrogen) atoms. The number of methoxy groups -OCH3 is 2. The highest BCUT2D eigenvalue weighted by atomic mass is 16.5. The Morgan fingerprint density at radius 3 is 2.52 bits per heavy atom. The number of anilines is 2. The van der Waals surface area contributed by atoms with Gasteiger partial charge in [-0.15, -0.1) is 0 Å². The number of nitrogens with one attached hydrogen (secondary N) is 2. The van der Waals surface area contributed by atoms with Gasteiger partial charge in [-0.25, -0.2) is 4.98 Å². The number of hydrogen-bond donors (Lipinski definition) is 2. The third-order valence-electron chi connectivity index (χ3n) is 5.84. The van der Waals surface area contributed by atoms with E-state index in [1.807, 2.05) is 84.3 Å². The van der Waals surface area contributed by atoms with Crippen molar-refractivity contribution >= 4 is 28.6 Å². The average Bonchev–Trinajstić information content (AvgIpc) is 3.21. The Labute approximate surface area is 191 Å². The van der Waals surface area contributed by atoms with Gasteiger partial charge in [0.25, 0.3) is 5.91 Å². The van der Waals surface area contributed by atoms with Gasteiger partial charge in [0.05, 0.1) is 36.9 Å². The number of benzene rings is 3. The summed E-state index contributed by atoms with van der Waals surface area (Å²) in [7, 11) is 3.23. The minimum atomic E-state index is -0.460. The van der Waals surface area contributed by atoms with Gasteiger partial charge in [-0.3, -0.25) is 9.36 Å². The van der Waals surface area contributed by atoms with Crippen LogP contribution in [0.1, 0.15) is 18.5 Å². The third-order valence-corrected chi connectivity index (χ3v) is 5.84. The van der Waals surface area contributed by atoms with Crippen molar-refractivity contribution in [1.29, 1.82) is 0 Å². The van der Waals surface area contributed by atoms with Crippen LogP contribution in [0, 0.1) is 0 Å². The lowest BCUT2D eigenvalue weighted by Crippen LogP contribution is -2.31. The van der Waals surface area contributed by atoms with Crippen molar-refractivity contribution in [3.05, 3.63) is 89.6 Å². The summed E-state index contributed by atoms with van der Waals surface area (Å²) in [6.07, 6.45) is 0. The number of carbonyl (C=O) groups is 1. The summed E-state index contributed by atoms with van der Waals surface area (Å²) in [5.74, 6) is 1.78. The topological polar surface area (TPSA) is 77.4 Å². The fourth-order valence-corrected chi connectivity index (χ4v) is 4.32. The molecule has 0 saturated carbocycles. The lowest BCUT2D eigenvalue weighted by molar-refractivity contribution is -0.113. The maximum absolute atomic E-state index is 13.6. The lowest BCUT2D eigenvalue weighted by Gasteiger charge is -2.31. The Balaban J connectivity index is 1.71. The average molecular weight is 441 g/mol. The van der Waals surface area contributed by atoms with E-state index >= 15 is 0 Å². The molecule has 3 aromatic carbocycles. The highest BCUT2D eigenvalue weighted by molar-refractivity contribution is 6.06. The van der Waals surface area contributed by atoms with Gasteiger partial charge in [0.15, 0.2) is 0 Å². The van der Waals surface area contributed by atoms with Crippen molar-refractivity contribution < 1.29 is 14.3 Å². The number of para-hydroxylation sites is 3. The maximum atomic E-state index is 13.6. The van der Waals surface area contributed by atoms with Crippen molar-refractivity contribution in [3.63, 3.8) is 0 Å². The smallest absolute Gasteiger partial charge is 0.255 e. The molecule has 0 fully saturated rings. The number of rotatable bonds is 5. The molecule has 5 rings (SSSR count). The molecule has 7 nitrogen and oxygen atoms in total. The van der Waals surface area contributed by atoms with Gasteiger partial charge in [0, 0.05) is 23.0 Å². The van der Waals surface area contributed by atoms with Gasteiger partial charge in [0.1, 0.15) is 11.5 Å². The summed E-state index contributed by atoms with van der Waals surface area (Å²) in [4.78, 5) is 18.4.